The average Bonchev–Trinajstić information content (AvgIpc) is 2.71. The maximum Gasteiger partial charge on any atom is 0.0940 e. The van der Waals surface area contributed by atoms with Crippen LogP contribution in [-0.4, -0.2) is 4.98 Å². The molecule has 0 aliphatic rings. The minimum absolute atomic E-state index is 0.00221. The van der Waals surface area contributed by atoms with Crippen molar-refractivity contribution in [2.45, 2.75) is 71.8 Å². The second kappa shape index (κ2) is 9.04. The Kier molecular flexibility index (Phi) is 6.65. The topological polar surface area (TPSA) is 24.9 Å². The summed E-state index contributed by atoms with van der Waals surface area (Å²) in [5.41, 5.74) is 7.71. The number of para-hydroxylation sites is 1. The van der Waals surface area contributed by atoms with E-state index in [0.717, 1.165) is 5.69 Å². The fraction of sp³-hybridized carbons (Fsp3) is 0.393. The van der Waals surface area contributed by atoms with E-state index in [1.54, 1.807) is 0 Å². The fourth-order valence-electron chi connectivity index (χ4n) is 3.91. The number of nitrogens with one attached hydrogen (secondary N) is 1. The summed E-state index contributed by atoms with van der Waals surface area (Å²) in [5, 5.41) is 3.91. The molecule has 0 amide bonds. The molecule has 1 unspecified atom stereocenters. The van der Waals surface area contributed by atoms with Gasteiger partial charge < -0.3 is 5.32 Å². The Morgan fingerprint density at radius 1 is 0.733 bits per heavy atom. The third kappa shape index (κ3) is 4.92. The van der Waals surface area contributed by atoms with Gasteiger partial charge in [0.15, 0.2) is 0 Å². The van der Waals surface area contributed by atoms with Crippen LogP contribution in [0.4, 0.5) is 5.69 Å². The largest absolute Gasteiger partial charge is 0.372 e. The molecule has 0 saturated carbocycles. The van der Waals surface area contributed by atoms with Gasteiger partial charge in [0.25, 0.3) is 0 Å². The van der Waals surface area contributed by atoms with E-state index in [1.165, 1.54) is 27.9 Å². The maximum atomic E-state index is 4.71. The van der Waals surface area contributed by atoms with Crippen LogP contribution in [0.25, 0.3) is 0 Å². The normalized spacial score (nSPS) is 13.0. The zero-order valence-corrected chi connectivity index (χ0v) is 19.5. The lowest BCUT2D eigenvalue weighted by Crippen LogP contribution is -2.17. The Morgan fingerprint density at radius 2 is 1.33 bits per heavy atom. The molecule has 1 atom stereocenters. The molecule has 0 aliphatic carbocycles. The first-order chi connectivity index (χ1) is 14.2. The molecule has 1 heterocycles. The number of anilines is 1. The van der Waals surface area contributed by atoms with Crippen LogP contribution in [0.5, 0.6) is 0 Å². The van der Waals surface area contributed by atoms with Gasteiger partial charge in [-0.25, -0.2) is 0 Å². The number of hydrogen-bond donors (Lipinski definition) is 1. The molecule has 0 bridgehead atoms. The first kappa shape index (κ1) is 22.1. The summed E-state index contributed by atoms with van der Waals surface area (Å²) in [6, 6.07) is 21.8. The molecule has 1 aromatic heterocycles. The number of pyridine rings is 1. The monoisotopic (exact) mass is 400 g/mol. The highest BCUT2D eigenvalue weighted by molar-refractivity contribution is 5.62. The first-order valence-corrected chi connectivity index (χ1v) is 11.1. The molecule has 3 rings (SSSR count). The molecule has 0 saturated heterocycles. The van der Waals surface area contributed by atoms with Gasteiger partial charge in [-0.05, 0) is 51.6 Å². The summed E-state index contributed by atoms with van der Waals surface area (Å²) in [7, 11) is 0. The van der Waals surface area contributed by atoms with E-state index in [-0.39, 0.29) is 11.5 Å². The summed E-state index contributed by atoms with van der Waals surface area (Å²) in [4.78, 5) is 4.71. The number of rotatable bonds is 6. The van der Waals surface area contributed by atoms with Crippen LogP contribution >= 0.6 is 0 Å². The summed E-state index contributed by atoms with van der Waals surface area (Å²) >= 11 is 0. The first-order valence-electron chi connectivity index (χ1n) is 11.1. The van der Waals surface area contributed by atoms with Gasteiger partial charge in [-0.2, -0.15) is 0 Å². The van der Waals surface area contributed by atoms with Gasteiger partial charge in [-0.1, -0.05) is 97.0 Å². The van der Waals surface area contributed by atoms with Gasteiger partial charge in [-0.3, -0.25) is 4.98 Å². The van der Waals surface area contributed by atoms with Crippen molar-refractivity contribution in [1.82, 2.24) is 4.98 Å². The molecular formula is C28H36N2. The molecule has 30 heavy (non-hydrogen) atoms. The van der Waals surface area contributed by atoms with Crippen LogP contribution in [0.15, 0.2) is 66.9 Å². The van der Waals surface area contributed by atoms with Crippen molar-refractivity contribution in [3.05, 3.63) is 94.8 Å². The van der Waals surface area contributed by atoms with Gasteiger partial charge in [0, 0.05) is 11.9 Å². The van der Waals surface area contributed by atoms with E-state index in [4.69, 9.17) is 4.98 Å². The summed E-state index contributed by atoms with van der Waals surface area (Å²) in [6.45, 7) is 15.8. The van der Waals surface area contributed by atoms with Crippen molar-refractivity contribution in [3.8, 4) is 0 Å². The Balaban J connectivity index is 2.10. The van der Waals surface area contributed by atoms with Crippen molar-refractivity contribution in [3.63, 3.8) is 0 Å². The predicted molar refractivity (Wildman–Crippen MR) is 129 cm³/mol. The summed E-state index contributed by atoms with van der Waals surface area (Å²) in [5.74, 6) is 0.887. The van der Waals surface area contributed by atoms with Crippen molar-refractivity contribution in [2.75, 3.05) is 5.32 Å². The smallest absolute Gasteiger partial charge is 0.0940 e. The minimum Gasteiger partial charge on any atom is -0.372 e. The van der Waals surface area contributed by atoms with Gasteiger partial charge in [0.2, 0.25) is 0 Å². The van der Waals surface area contributed by atoms with Crippen molar-refractivity contribution in [1.29, 1.82) is 0 Å². The predicted octanol–water partition coefficient (Wildman–Crippen LogP) is 7.83. The second-order valence-electron chi connectivity index (χ2n) is 9.82. The lowest BCUT2D eigenvalue weighted by molar-refractivity contribution is 0.590. The molecule has 3 aromatic rings. The Hall–Kier alpha value is -2.61. The molecule has 158 valence electrons. The second-order valence-corrected chi connectivity index (χ2v) is 9.82. The van der Waals surface area contributed by atoms with Gasteiger partial charge in [0.1, 0.15) is 0 Å². The lowest BCUT2D eigenvalue weighted by atomic mass is 9.86. The van der Waals surface area contributed by atoms with Crippen LogP contribution in [0.3, 0.4) is 0 Å². The number of benzene rings is 2. The van der Waals surface area contributed by atoms with E-state index in [2.05, 4.69) is 108 Å². The van der Waals surface area contributed by atoms with Gasteiger partial charge in [0.05, 0.1) is 11.7 Å². The van der Waals surface area contributed by atoms with E-state index < -0.39 is 0 Å². The Bertz CT molecular complexity index is 922. The number of hydrogen-bond acceptors (Lipinski definition) is 2. The summed E-state index contributed by atoms with van der Waals surface area (Å²) in [6.07, 6.45) is 1.88. The van der Waals surface area contributed by atoms with E-state index >= 15 is 0 Å². The molecular weight excluding hydrogens is 364 g/mol. The molecule has 2 heteroatoms. The highest BCUT2D eigenvalue weighted by Crippen LogP contribution is 2.36. The van der Waals surface area contributed by atoms with Crippen LogP contribution in [0, 0.1) is 0 Å². The number of nitrogens with zero attached hydrogens (tertiary/aromatic N) is 1. The summed E-state index contributed by atoms with van der Waals surface area (Å²) < 4.78 is 0. The molecule has 2 aromatic carbocycles. The SMILES string of the molecule is CC(C)c1cccc(C(C)C)c1NC(c1ccc(C(C)(C)C)cc1)c1ccccn1. The third-order valence-corrected chi connectivity index (χ3v) is 5.76. The minimum atomic E-state index is -0.00221. The lowest BCUT2D eigenvalue weighted by Gasteiger charge is -2.27. The number of aromatic nitrogens is 1. The highest BCUT2D eigenvalue weighted by Gasteiger charge is 2.22. The van der Waals surface area contributed by atoms with Crippen molar-refractivity contribution >= 4 is 5.69 Å². The van der Waals surface area contributed by atoms with E-state index in [1.807, 2.05) is 12.3 Å². The average molecular weight is 401 g/mol. The van der Waals surface area contributed by atoms with Gasteiger partial charge >= 0.3 is 0 Å². The van der Waals surface area contributed by atoms with Crippen molar-refractivity contribution in [2.24, 2.45) is 0 Å². The van der Waals surface area contributed by atoms with Crippen LogP contribution in [-0.2, 0) is 5.41 Å². The molecule has 0 aliphatic heterocycles. The highest BCUT2D eigenvalue weighted by atomic mass is 15.0. The standard InChI is InChI=1S/C28H36N2/c1-19(2)23-11-10-12-24(20(3)4)27(23)30-26(25-13-8-9-18-29-25)21-14-16-22(17-15-21)28(5,6)7/h8-20,26,30H,1-7H3. The zero-order chi connectivity index (χ0) is 21.9. The van der Waals surface area contributed by atoms with Crippen LogP contribution < -0.4 is 5.32 Å². The molecule has 0 spiro atoms. The quantitative estimate of drug-likeness (QED) is 0.456. The molecule has 2 nitrogen and oxygen atoms in total. The van der Waals surface area contributed by atoms with E-state index in [0.29, 0.717) is 11.8 Å². The molecule has 0 radical (unpaired) electrons. The van der Waals surface area contributed by atoms with Crippen molar-refractivity contribution < 1.29 is 0 Å². The Morgan fingerprint density at radius 3 is 1.80 bits per heavy atom. The fourth-order valence-corrected chi connectivity index (χ4v) is 3.91. The molecule has 0 fully saturated rings. The van der Waals surface area contributed by atoms with Crippen LogP contribution in [0.1, 0.15) is 94.3 Å². The third-order valence-electron chi connectivity index (χ3n) is 5.76. The Labute approximate surface area is 182 Å². The van der Waals surface area contributed by atoms with E-state index in [9.17, 15) is 0 Å². The maximum absolute atomic E-state index is 4.71. The zero-order valence-electron chi connectivity index (χ0n) is 19.5. The van der Waals surface area contributed by atoms with Gasteiger partial charge in [-0.15, -0.1) is 0 Å². The van der Waals surface area contributed by atoms with Crippen LogP contribution in [0.2, 0.25) is 0 Å². The molecule has 1 N–H and O–H groups in total.